The Balaban J connectivity index is 3.16. The van der Waals surface area contributed by atoms with E-state index in [1.165, 1.54) is 0 Å². The molecule has 4 atom stereocenters. The molecule has 0 aliphatic carbocycles. The molecule has 7 N–H and O–H groups in total. The molecule has 1 aromatic rings. The van der Waals surface area contributed by atoms with Gasteiger partial charge in [0.2, 0.25) is 11.8 Å². The Hall–Kier alpha value is -3.25. The third kappa shape index (κ3) is 18.2. The van der Waals surface area contributed by atoms with Crippen molar-refractivity contribution in [1.29, 1.82) is 0 Å². The number of carbonyl (C=O) groups is 3. The molecule has 0 spiro atoms. The van der Waals surface area contributed by atoms with E-state index in [-0.39, 0.29) is 63.1 Å². The molecule has 0 aliphatic heterocycles. The summed E-state index contributed by atoms with van der Waals surface area (Å²) in [5, 5.41) is 19.5. The summed E-state index contributed by atoms with van der Waals surface area (Å²) in [4.78, 5) is 42.6. The summed E-state index contributed by atoms with van der Waals surface area (Å²) in [6.45, 7) is 12.1. The lowest BCUT2D eigenvalue weighted by molar-refractivity contribution is -0.493. The van der Waals surface area contributed by atoms with E-state index in [2.05, 4.69) is 24.0 Å². The monoisotopic (exact) mass is 730 g/mol. The highest BCUT2D eigenvalue weighted by Crippen LogP contribution is 2.32. The van der Waals surface area contributed by atoms with E-state index >= 15 is 0 Å². The van der Waals surface area contributed by atoms with Gasteiger partial charge in [0, 0.05) is 38.6 Å². The molecule has 0 heterocycles. The highest BCUT2D eigenvalue weighted by atomic mass is 17.1. The number of hydrogen-bond acceptors (Lipinski definition) is 14. The fourth-order valence-electron chi connectivity index (χ4n) is 5.13. The zero-order valence-electron chi connectivity index (χ0n) is 31.6. The normalized spacial score (nSPS) is 14.2. The minimum Gasteiger partial charge on any atom is -0.493 e. The van der Waals surface area contributed by atoms with Gasteiger partial charge in [-0.1, -0.05) is 33.8 Å². The van der Waals surface area contributed by atoms with Gasteiger partial charge in [-0.3, -0.25) is 20.0 Å². The minimum atomic E-state index is -0.975. The predicted octanol–water partition coefficient (Wildman–Crippen LogP) is 3.48. The van der Waals surface area contributed by atoms with Crippen molar-refractivity contribution in [1.82, 2.24) is 10.7 Å². The third-order valence-electron chi connectivity index (χ3n) is 8.60. The van der Waals surface area contributed by atoms with Crippen LogP contribution in [0.3, 0.4) is 0 Å². The Morgan fingerprint density at radius 3 is 2.20 bits per heavy atom. The van der Waals surface area contributed by atoms with Crippen LogP contribution >= 0.6 is 0 Å². The van der Waals surface area contributed by atoms with E-state index in [1.54, 1.807) is 28.1 Å². The zero-order valence-corrected chi connectivity index (χ0v) is 31.6. The van der Waals surface area contributed by atoms with Gasteiger partial charge in [0.05, 0.1) is 44.3 Å². The summed E-state index contributed by atoms with van der Waals surface area (Å²) in [6, 6.07) is 5.15. The van der Waals surface area contributed by atoms with Gasteiger partial charge in [0.15, 0.2) is 11.5 Å². The smallest absolute Gasteiger partial charge is 0.493 e. The molecule has 0 saturated carbocycles. The SMILES string of the molecule is COCCCOc1cc(CC(CC(N)C(CC(C(=O)NCC(C)(C)C(N)=O)C(C)C)OC(=O)OCCOCCON(O)O)C(C)C)ccc1OC. The fourth-order valence-corrected chi connectivity index (χ4v) is 5.13. The second-order valence-corrected chi connectivity index (χ2v) is 13.8. The van der Waals surface area contributed by atoms with Crippen molar-refractivity contribution in [3.8, 4) is 11.5 Å². The summed E-state index contributed by atoms with van der Waals surface area (Å²) in [6.07, 6.45) is 0.0788. The van der Waals surface area contributed by atoms with Gasteiger partial charge in [0.1, 0.15) is 12.7 Å². The molecule has 0 aliphatic rings. The number of ether oxygens (including phenoxy) is 6. The van der Waals surface area contributed by atoms with Gasteiger partial charge in [-0.05, 0) is 68.6 Å². The second kappa shape index (κ2) is 24.1. The van der Waals surface area contributed by atoms with Crippen LogP contribution in [0.25, 0.3) is 0 Å². The molecular formula is C35H62N4O12. The number of primary amides is 1. The molecule has 0 bridgehead atoms. The predicted molar refractivity (Wildman–Crippen MR) is 187 cm³/mol. The first-order valence-electron chi connectivity index (χ1n) is 17.4. The van der Waals surface area contributed by atoms with Crippen LogP contribution in [-0.4, -0.2) is 106 Å². The molecular weight excluding hydrogens is 668 g/mol. The summed E-state index contributed by atoms with van der Waals surface area (Å²) in [5.41, 5.74) is 12.4. The Labute approximate surface area is 302 Å². The van der Waals surface area contributed by atoms with E-state index < -0.39 is 40.9 Å². The molecule has 0 aromatic heterocycles. The molecule has 1 rings (SSSR count). The van der Waals surface area contributed by atoms with Crippen LogP contribution in [0.2, 0.25) is 0 Å². The molecule has 1 aromatic carbocycles. The number of benzene rings is 1. The maximum absolute atomic E-state index is 13.4. The summed E-state index contributed by atoms with van der Waals surface area (Å²) in [7, 11) is 3.23. The molecule has 51 heavy (non-hydrogen) atoms. The first-order chi connectivity index (χ1) is 24.0. The van der Waals surface area contributed by atoms with Crippen LogP contribution in [0.5, 0.6) is 11.5 Å². The highest BCUT2D eigenvalue weighted by molar-refractivity contribution is 5.83. The lowest BCUT2D eigenvalue weighted by Crippen LogP contribution is -2.47. The average molecular weight is 731 g/mol. The van der Waals surface area contributed by atoms with Gasteiger partial charge in [-0.15, -0.1) is 0 Å². The Kier molecular flexibility index (Phi) is 21.6. The van der Waals surface area contributed by atoms with Gasteiger partial charge < -0.3 is 45.2 Å². The highest BCUT2D eigenvalue weighted by Gasteiger charge is 2.35. The van der Waals surface area contributed by atoms with Crippen molar-refractivity contribution in [2.24, 2.45) is 40.6 Å². The number of nitrogens with zero attached hydrogens (tertiary/aromatic N) is 1. The number of carbonyl (C=O) groups excluding carboxylic acids is 3. The molecule has 294 valence electrons. The van der Waals surface area contributed by atoms with Crippen molar-refractivity contribution in [2.75, 3.05) is 60.4 Å². The molecule has 2 amide bonds. The summed E-state index contributed by atoms with van der Waals surface area (Å²) < 4.78 is 32.9. The number of rotatable bonds is 27. The lowest BCUT2D eigenvalue weighted by atomic mass is 9.80. The topological polar surface area (TPSA) is 224 Å². The van der Waals surface area contributed by atoms with Crippen LogP contribution < -0.4 is 26.3 Å². The summed E-state index contributed by atoms with van der Waals surface area (Å²) >= 11 is 0. The minimum absolute atomic E-state index is 0.00587. The van der Waals surface area contributed by atoms with E-state index in [0.717, 1.165) is 12.0 Å². The van der Waals surface area contributed by atoms with Crippen LogP contribution in [0.1, 0.15) is 66.4 Å². The standard InChI is InChI=1S/C35H62N4O12/c1-23(2)26(18-25-10-11-29(46-8)31(19-25)48-13-9-12-45-7)20-28(36)30(51-34(42)49-16-14-47-15-17-50-39(43)44)21-27(24(3)4)32(40)38-22-35(5,6)33(37)41/h10-11,19,23-24,26-28,30,43-44H,9,12-18,20-22,36H2,1-8H3,(H2,37,41)(H,38,40). The maximum atomic E-state index is 13.4. The van der Waals surface area contributed by atoms with Crippen molar-refractivity contribution in [3.63, 3.8) is 0 Å². The van der Waals surface area contributed by atoms with Crippen molar-refractivity contribution in [3.05, 3.63) is 23.8 Å². The van der Waals surface area contributed by atoms with Crippen LogP contribution in [0.15, 0.2) is 18.2 Å². The molecule has 4 unspecified atom stereocenters. The van der Waals surface area contributed by atoms with Gasteiger partial charge >= 0.3 is 6.16 Å². The molecule has 16 nitrogen and oxygen atoms in total. The van der Waals surface area contributed by atoms with Crippen LogP contribution in [0, 0.1) is 29.1 Å². The van der Waals surface area contributed by atoms with Crippen LogP contribution in [0.4, 0.5) is 4.79 Å². The molecule has 0 saturated heterocycles. The molecule has 0 fully saturated rings. The van der Waals surface area contributed by atoms with Crippen molar-refractivity contribution in [2.45, 2.75) is 79.4 Å². The van der Waals surface area contributed by atoms with Gasteiger partial charge in [0.25, 0.3) is 0 Å². The van der Waals surface area contributed by atoms with Gasteiger partial charge in [-0.2, -0.15) is 0 Å². The average Bonchev–Trinajstić information content (AvgIpc) is 3.06. The first-order valence-corrected chi connectivity index (χ1v) is 17.4. The Bertz CT molecular complexity index is 1170. The maximum Gasteiger partial charge on any atom is 0.508 e. The number of nitrogens with two attached hydrogens (primary N) is 2. The second-order valence-electron chi connectivity index (χ2n) is 13.8. The third-order valence-corrected chi connectivity index (χ3v) is 8.60. The Morgan fingerprint density at radius 1 is 0.922 bits per heavy atom. The van der Waals surface area contributed by atoms with E-state index in [4.69, 9.17) is 50.3 Å². The van der Waals surface area contributed by atoms with Gasteiger partial charge in [-0.25, -0.2) is 9.63 Å². The molecule has 16 heteroatoms. The number of amides is 2. The number of hydrogen-bond donors (Lipinski definition) is 5. The Morgan fingerprint density at radius 2 is 1.61 bits per heavy atom. The van der Waals surface area contributed by atoms with E-state index in [0.29, 0.717) is 37.6 Å². The fraction of sp³-hybridized carbons (Fsp3) is 0.743. The largest absolute Gasteiger partial charge is 0.508 e. The van der Waals surface area contributed by atoms with Crippen molar-refractivity contribution >= 4 is 18.0 Å². The van der Waals surface area contributed by atoms with E-state index in [9.17, 15) is 14.4 Å². The number of methoxy groups -OCH3 is 2. The first kappa shape index (κ1) is 45.8. The number of nitrogens with one attached hydrogen (secondary N) is 1. The summed E-state index contributed by atoms with van der Waals surface area (Å²) in [5.74, 6) is -0.128. The van der Waals surface area contributed by atoms with E-state index in [1.807, 2.05) is 32.0 Å². The zero-order chi connectivity index (χ0) is 38.6. The van der Waals surface area contributed by atoms with Crippen LogP contribution in [-0.2, 0) is 39.8 Å². The van der Waals surface area contributed by atoms with Crippen molar-refractivity contribution < 1.29 is 58.1 Å². The quantitative estimate of drug-likeness (QED) is 0.0497. The molecule has 0 radical (unpaired) electrons. The lowest BCUT2D eigenvalue weighted by Gasteiger charge is -2.32.